The summed E-state index contributed by atoms with van der Waals surface area (Å²) in [6, 6.07) is -0.269. The Balaban J connectivity index is 3.10. The fraction of sp³-hybridized carbons (Fsp3) is 1.00. The van der Waals surface area contributed by atoms with Crippen molar-refractivity contribution >= 4 is 0 Å². The third kappa shape index (κ3) is 4.05. The van der Waals surface area contributed by atoms with Crippen LogP contribution in [0.15, 0.2) is 0 Å². The van der Waals surface area contributed by atoms with Gasteiger partial charge in [0.2, 0.25) is 0 Å². The van der Waals surface area contributed by atoms with Crippen LogP contribution in [0.4, 0.5) is 0 Å². The van der Waals surface area contributed by atoms with E-state index in [2.05, 4.69) is 0 Å². The second kappa shape index (κ2) is 3.83. The molecular formula is C5H13NO2. The van der Waals surface area contributed by atoms with Crippen LogP contribution < -0.4 is 5.73 Å². The molecule has 0 aromatic heterocycles. The van der Waals surface area contributed by atoms with E-state index in [0.717, 1.165) is 0 Å². The van der Waals surface area contributed by atoms with Crippen LogP contribution >= 0.6 is 0 Å². The molecule has 0 aliphatic carbocycles. The summed E-state index contributed by atoms with van der Waals surface area (Å²) in [4.78, 5) is 0. The van der Waals surface area contributed by atoms with Crippen LogP contribution in [0.3, 0.4) is 0 Å². The largest absolute Gasteiger partial charge is 0.395 e. The highest BCUT2D eigenvalue weighted by Crippen LogP contribution is 1.91. The summed E-state index contributed by atoms with van der Waals surface area (Å²) in [5.41, 5.74) is 5.26. The Labute approximate surface area is 49.1 Å². The highest BCUT2D eigenvalue weighted by Gasteiger charge is 2.02. The van der Waals surface area contributed by atoms with Gasteiger partial charge in [0.25, 0.3) is 0 Å². The summed E-state index contributed by atoms with van der Waals surface area (Å²) in [7, 11) is 0. The number of hydrogen-bond donors (Lipinski definition) is 3. The van der Waals surface area contributed by atoms with Crippen molar-refractivity contribution in [1.29, 1.82) is 0 Å². The van der Waals surface area contributed by atoms with Gasteiger partial charge in [0.05, 0.1) is 12.7 Å². The second-order valence-electron chi connectivity index (χ2n) is 2.03. The molecule has 0 aliphatic heterocycles. The molecule has 0 bridgehead atoms. The van der Waals surface area contributed by atoms with Gasteiger partial charge < -0.3 is 15.9 Å². The third-order valence-electron chi connectivity index (χ3n) is 0.878. The molecule has 0 saturated heterocycles. The van der Waals surface area contributed by atoms with Crippen LogP contribution in [0.25, 0.3) is 0 Å². The minimum absolute atomic E-state index is 0.0507. The van der Waals surface area contributed by atoms with Gasteiger partial charge in [-0.2, -0.15) is 0 Å². The maximum atomic E-state index is 8.66. The molecule has 0 amide bonds. The van der Waals surface area contributed by atoms with Crippen molar-refractivity contribution in [2.24, 2.45) is 5.73 Å². The van der Waals surface area contributed by atoms with Gasteiger partial charge in [-0.3, -0.25) is 0 Å². The molecule has 50 valence electrons. The Kier molecular flexibility index (Phi) is 3.77. The van der Waals surface area contributed by atoms with Gasteiger partial charge in [0, 0.05) is 6.04 Å². The van der Waals surface area contributed by atoms with Gasteiger partial charge in [-0.05, 0) is 13.3 Å². The van der Waals surface area contributed by atoms with Gasteiger partial charge in [-0.1, -0.05) is 0 Å². The van der Waals surface area contributed by atoms with Crippen LogP contribution in [0.1, 0.15) is 13.3 Å². The summed E-state index contributed by atoms with van der Waals surface area (Å²) in [6.45, 7) is 1.60. The minimum atomic E-state index is -0.405. The molecule has 0 rings (SSSR count). The predicted molar refractivity (Wildman–Crippen MR) is 31.4 cm³/mol. The average Bonchev–Trinajstić information content (AvgIpc) is 1.65. The lowest BCUT2D eigenvalue weighted by Gasteiger charge is -2.08. The number of hydrogen-bond acceptors (Lipinski definition) is 3. The lowest BCUT2D eigenvalue weighted by molar-refractivity contribution is 0.154. The van der Waals surface area contributed by atoms with E-state index in [1.54, 1.807) is 6.92 Å². The van der Waals surface area contributed by atoms with E-state index >= 15 is 0 Å². The highest BCUT2D eigenvalue weighted by molar-refractivity contribution is 4.61. The molecule has 0 saturated carbocycles. The van der Waals surface area contributed by atoms with Crippen molar-refractivity contribution in [2.75, 3.05) is 6.61 Å². The lowest BCUT2D eigenvalue weighted by Crippen LogP contribution is -2.28. The molecule has 0 aromatic rings. The van der Waals surface area contributed by atoms with Gasteiger partial charge in [0.1, 0.15) is 0 Å². The number of rotatable bonds is 3. The molecule has 0 unspecified atom stereocenters. The van der Waals surface area contributed by atoms with Crippen LogP contribution in [0.5, 0.6) is 0 Å². The minimum Gasteiger partial charge on any atom is -0.395 e. The summed E-state index contributed by atoms with van der Waals surface area (Å²) in [6.07, 6.45) is 0.0633. The van der Waals surface area contributed by atoms with Crippen molar-refractivity contribution in [3.8, 4) is 0 Å². The first-order valence-corrected chi connectivity index (χ1v) is 2.71. The van der Waals surface area contributed by atoms with E-state index in [9.17, 15) is 0 Å². The molecule has 4 N–H and O–H groups in total. The molecule has 3 nitrogen and oxygen atoms in total. The maximum absolute atomic E-state index is 8.66. The quantitative estimate of drug-likeness (QED) is 0.450. The highest BCUT2D eigenvalue weighted by atomic mass is 16.3. The van der Waals surface area contributed by atoms with Gasteiger partial charge in [-0.15, -0.1) is 0 Å². The van der Waals surface area contributed by atoms with E-state index < -0.39 is 6.10 Å². The molecule has 0 fully saturated rings. The fourth-order valence-corrected chi connectivity index (χ4v) is 0.513. The van der Waals surface area contributed by atoms with Gasteiger partial charge in [-0.25, -0.2) is 0 Å². The Bertz CT molecular complexity index is 56.4. The summed E-state index contributed by atoms with van der Waals surface area (Å²) in [5, 5.41) is 17.0. The standard InChI is InChI=1S/C5H13NO2/c1-4(8)2-5(6)3-7/h4-5,7-8H,2-3,6H2,1H3/t4-,5+/m1/s1. The topological polar surface area (TPSA) is 66.5 Å². The molecule has 3 heteroatoms. The summed E-state index contributed by atoms with van der Waals surface area (Å²) in [5.74, 6) is 0. The first-order valence-electron chi connectivity index (χ1n) is 2.71. The zero-order valence-corrected chi connectivity index (χ0v) is 5.04. The van der Waals surface area contributed by atoms with E-state index in [4.69, 9.17) is 15.9 Å². The Morgan fingerprint density at radius 1 is 1.62 bits per heavy atom. The Morgan fingerprint density at radius 3 is 2.25 bits per heavy atom. The molecule has 8 heavy (non-hydrogen) atoms. The molecule has 2 atom stereocenters. The monoisotopic (exact) mass is 119 g/mol. The van der Waals surface area contributed by atoms with Crippen molar-refractivity contribution in [3.05, 3.63) is 0 Å². The molecular weight excluding hydrogens is 106 g/mol. The van der Waals surface area contributed by atoms with Crippen molar-refractivity contribution in [1.82, 2.24) is 0 Å². The van der Waals surface area contributed by atoms with Crippen LogP contribution in [0, 0.1) is 0 Å². The normalized spacial score (nSPS) is 18.0. The zero-order valence-electron chi connectivity index (χ0n) is 5.04. The van der Waals surface area contributed by atoms with Crippen molar-refractivity contribution in [2.45, 2.75) is 25.5 Å². The molecule has 0 radical (unpaired) electrons. The van der Waals surface area contributed by atoms with E-state index in [-0.39, 0.29) is 12.6 Å². The first kappa shape index (κ1) is 7.88. The van der Waals surface area contributed by atoms with E-state index in [0.29, 0.717) is 6.42 Å². The molecule has 0 heterocycles. The lowest BCUT2D eigenvalue weighted by atomic mass is 10.2. The van der Waals surface area contributed by atoms with Crippen molar-refractivity contribution in [3.63, 3.8) is 0 Å². The number of aliphatic hydroxyl groups is 2. The average molecular weight is 119 g/mol. The number of aliphatic hydroxyl groups excluding tert-OH is 2. The van der Waals surface area contributed by atoms with Crippen molar-refractivity contribution < 1.29 is 10.2 Å². The Hall–Kier alpha value is -0.120. The smallest absolute Gasteiger partial charge is 0.0583 e. The van der Waals surface area contributed by atoms with Crippen LogP contribution in [-0.2, 0) is 0 Å². The number of nitrogens with two attached hydrogens (primary N) is 1. The fourth-order valence-electron chi connectivity index (χ4n) is 0.513. The van der Waals surface area contributed by atoms with Crippen LogP contribution in [-0.4, -0.2) is 29.0 Å². The van der Waals surface area contributed by atoms with Crippen LogP contribution in [0.2, 0.25) is 0 Å². The SMILES string of the molecule is C[C@@H](O)C[C@H](N)CO. The predicted octanol–water partition coefficient (Wildman–Crippen LogP) is -0.923. The van der Waals surface area contributed by atoms with E-state index in [1.807, 2.05) is 0 Å². The van der Waals surface area contributed by atoms with Gasteiger partial charge in [0.15, 0.2) is 0 Å². The molecule has 0 spiro atoms. The second-order valence-corrected chi connectivity index (χ2v) is 2.03. The first-order chi connectivity index (χ1) is 3.66. The van der Waals surface area contributed by atoms with Gasteiger partial charge >= 0.3 is 0 Å². The molecule has 0 aliphatic rings. The van der Waals surface area contributed by atoms with E-state index in [1.165, 1.54) is 0 Å². The zero-order chi connectivity index (χ0) is 6.57. The summed E-state index contributed by atoms with van der Waals surface area (Å²) >= 11 is 0. The molecule has 0 aromatic carbocycles. The third-order valence-corrected chi connectivity index (χ3v) is 0.878. The maximum Gasteiger partial charge on any atom is 0.0583 e. The summed E-state index contributed by atoms with van der Waals surface area (Å²) < 4.78 is 0. The Morgan fingerprint density at radius 2 is 2.12 bits per heavy atom.